The van der Waals surface area contributed by atoms with Crippen LogP contribution >= 0.6 is 11.8 Å². The lowest BCUT2D eigenvalue weighted by atomic mass is 9.77. The Bertz CT molecular complexity index is 1080. The first kappa shape index (κ1) is 22.2. The smallest absolute Gasteiger partial charge is 0.241 e. The Kier molecular flexibility index (Phi) is 6.32. The van der Waals surface area contributed by atoms with E-state index in [-0.39, 0.29) is 22.4 Å². The van der Waals surface area contributed by atoms with E-state index >= 15 is 0 Å². The van der Waals surface area contributed by atoms with Gasteiger partial charge in [0.05, 0.1) is 16.6 Å². The lowest BCUT2D eigenvalue weighted by Gasteiger charge is -2.44. The number of carbonyl (C=O) groups is 1. The maximum atomic E-state index is 13.3. The molecule has 0 radical (unpaired) electrons. The van der Waals surface area contributed by atoms with Crippen LogP contribution in [0.4, 0.5) is 5.69 Å². The normalized spacial score (nSPS) is 20.0. The molecule has 0 bridgehead atoms. The van der Waals surface area contributed by atoms with Crippen LogP contribution in [-0.4, -0.2) is 26.2 Å². The molecule has 2 aromatic rings. The molecule has 8 heteroatoms. The van der Waals surface area contributed by atoms with E-state index in [9.17, 15) is 13.2 Å². The van der Waals surface area contributed by atoms with E-state index in [1.807, 2.05) is 30.5 Å². The van der Waals surface area contributed by atoms with Crippen LogP contribution in [0.2, 0.25) is 0 Å². The zero-order chi connectivity index (χ0) is 22.1. The number of anilines is 1. The Balaban J connectivity index is 1.66. The Hall–Kier alpha value is -2.03. The molecule has 1 aliphatic heterocycles. The summed E-state index contributed by atoms with van der Waals surface area (Å²) < 4.78 is 36.0. The minimum absolute atomic E-state index is 0.135. The molecule has 2 N–H and O–H groups in total. The molecule has 31 heavy (non-hydrogen) atoms. The van der Waals surface area contributed by atoms with Crippen LogP contribution in [0.15, 0.2) is 52.3 Å². The topological polar surface area (TPSA) is 84.5 Å². The van der Waals surface area contributed by atoms with Gasteiger partial charge in [0.15, 0.2) is 0 Å². The van der Waals surface area contributed by atoms with Gasteiger partial charge in [-0.25, -0.2) is 13.1 Å². The summed E-state index contributed by atoms with van der Waals surface area (Å²) in [4.78, 5) is 12.5. The van der Waals surface area contributed by atoms with E-state index in [0.717, 1.165) is 41.9 Å². The minimum atomic E-state index is -3.81. The van der Waals surface area contributed by atoms with E-state index in [0.29, 0.717) is 12.1 Å². The van der Waals surface area contributed by atoms with Gasteiger partial charge in [-0.15, -0.1) is 11.8 Å². The van der Waals surface area contributed by atoms with Gasteiger partial charge in [0.25, 0.3) is 0 Å². The zero-order valence-electron chi connectivity index (χ0n) is 17.8. The predicted molar refractivity (Wildman–Crippen MR) is 123 cm³/mol. The maximum Gasteiger partial charge on any atom is 0.241 e. The van der Waals surface area contributed by atoms with Crippen LogP contribution < -0.4 is 14.8 Å². The third-order valence-electron chi connectivity index (χ3n) is 6.05. The highest BCUT2D eigenvalue weighted by atomic mass is 32.2. The van der Waals surface area contributed by atoms with E-state index in [1.54, 1.807) is 12.1 Å². The molecule has 1 atom stereocenters. The average molecular weight is 461 g/mol. The molecule has 1 aliphatic carbocycles. The van der Waals surface area contributed by atoms with Gasteiger partial charge in [-0.2, -0.15) is 0 Å². The number of hydrogen-bond donors (Lipinski definition) is 2. The van der Waals surface area contributed by atoms with Crippen molar-refractivity contribution in [3.8, 4) is 5.75 Å². The number of sulfonamides is 1. The Labute approximate surface area is 188 Å². The molecule has 1 heterocycles. The standard InChI is InChI=1S/C23H28N2O4S2/c1-16(26)24-19-14-17(10-11-22(19)30-2)31(27,28)25-20-15-23(12-6-3-7-13-23)29-21-9-5-4-8-18(20)21/h4-5,8-11,14,20,25H,3,6-7,12-13,15H2,1-2H3,(H,24,26)/t20-/m0/s1. The lowest BCUT2D eigenvalue weighted by Crippen LogP contribution is -2.46. The van der Waals surface area contributed by atoms with Gasteiger partial charge in [0.2, 0.25) is 15.9 Å². The van der Waals surface area contributed by atoms with Crippen molar-refractivity contribution in [3.05, 3.63) is 48.0 Å². The number of carbonyl (C=O) groups excluding carboxylic acids is 1. The van der Waals surface area contributed by atoms with Crippen LogP contribution in [0.1, 0.15) is 57.1 Å². The number of benzene rings is 2. The first-order chi connectivity index (χ1) is 14.8. The van der Waals surface area contributed by atoms with Gasteiger partial charge in [-0.05, 0) is 56.2 Å². The summed E-state index contributed by atoms with van der Waals surface area (Å²) in [5.74, 6) is 0.524. The fourth-order valence-electron chi connectivity index (χ4n) is 4.62. The third-order valence-corrected chi connectivity index (χ3v) is 8.32. The summed E-state index contributed by atoms with van der Waals surface area (Å²) in [7, 11) is -3.81. The van der Waals surface area contributed by atoms with Crippen molar-refractivity contribution in [2.24, 2.45) is 0 Å². The molecule has 4 rings (SSSR count). The van der Waals surface area contributed by atoms with Crippen LogP contribution in [0, 0.1) is 0 Å². The summed E-state index contributed by atoms with van der Waals surface area (Å²) in [5, 5.41) is 2.73. The summed E-state index contributed by atoms with van der Waals surface area (Å²) in [5.41, 5.74) is 1.05. The van der Waals surface area contributed by atoms with Crippen molar-refractivity contribution in [2.75, 3.05) is 11.6 Å². The fraction of sp³-hybridized carbons (Fsp3) is 0.435. The number of amides is 1. The van der Waals surface area contributed by atoms with E-state index in [4.69, 9.17) is 4.74 Å². The second-order valence-corrected chi connectivity index (χ2v) is 10.9. The number of fused-ring (bicyclic) bond motifs is 1. The molecule has 1 amide bonds. The minimum Gasteiger partial charge on any atom is -0.487 e. The van der Waals surface area contributed by atoms with Crippen molar-refractivity contribution in [2.45, 2.75) is 66.9 Å². The monoisotopic (exact) mass is 460 g/mol. The van der Waals surface area contributed by atoms with E-state index < -0.39 is 10.0 Å². The van der Waals surface area contributed by atoms with Crippen molar-refractivity contribution >= 4 is 33.4 Å². The highest BCUT2D eigenvalue weighted by Gasteiger charge is 2.42. The Morgan fingerprint density at radius 2 is 1.87 bits per heavy atom. The van der Waals surface area contributed by atoms with Crippen LogP contribution in [0.3, 0.4) is 0 Å². The summed E-state index contributed by atoms with van der Waals surface area (Å²) >= 11 is 1.45. The first-order valence-corrected chi connectivity index (χ1v) is 13.3. The molecule has 6 nitrogen and oxygen atoms in total. The van der Waals surface area contributed by atoms with Crippen molar-refractivity contribution in [1.29, 1.82) is 0 Å². The quantitative estimate of drug-likeness (QED) is 0.622. The second kappa shape index (κ2) is 8.84. The van der Waals surface area contributed by atoms with E-state index in [2.05, 4.69) is 10.0 Å². The number of nitrogens with one attached hydrogen (secondary N) is 2. The van der Waals surface area contributed by atoms with Crippen molar-refractivity contribution < 1.29 is 17.9 Å². The molecular formula is C23H28N2O4S2. The van der Waals surface area contributed by atoms with Gasteiger partial charge in [-0.3, -0.25) is 4.79 Å². The maximum absolute atomic E-state index is 13.3. The predicted octanol–water partition coefficient (Wildman–Crippen LogP) is 4.87. The number of ether oxygens (including phenoxy) is 1. The molecule has 0 saturated heterocycles. The molecule has 1 fully saturated rings. The molecule has 2 aliphatic rings. The summed E-state index contributed by atoms with van der Waals surface area (Å²) in [6.07, 6.45) is 7.76. The van der Waals surface area contributed by atoms with Gasteiger partial charge in [0.1, 0.15) is 11.4 Å². The van der Waals surface area contributed by atoms with Crippen LogP contribution in [0.25, 0.3) is 0 Å². The number of hydrogen-bond acceptors (Lipinski definition) is 5. The third kappa shape index (κ3) is 4.76. The number of thioether (sulfide) groups is 1. The van der Waals surface area contributed by atoms with Crippen molar-refractivity contribution in [1.82, 2.24) is 4.72 Å². The fourth-order valence-corrected chi connectivity index (χ4v) is 6.40. The molecule has 1 spiro atoms. The molecule has 0 unspecified atom stereocenters. The number of rotatable bonds is 5. The molecule has 2 aromatic carbocycles. The summed E-state index contributed by atoms with van der Waals surface area (Å²) in [6.45, 7) is 1.41. The first-order valence-electron chi connectivity index (χ1n) is 10.6. The highest BCUT2D eigenvalue weighted by Crippen LogP contribution is 2.46. The SMILES string of the molecule is CSc1ccc(S(=O)(=O)N[C@H]2CC3(CCCCC3)Oc3ccccc32)cc1NC(C)=O. The Morgan fingerprint density at radius 1 is 1.13 bits per heavy atom. The molecule has 166 valence electrons. The highest BCUT2D eigenvalue weighted by molar-refractivity contribution is 7.98. The van der Waals surface area contributed by atoms with Crippen LogP contribution in [-0.2, 0) is 14.8 Å². The Morgan fingerprint density at radius 3 is 2.58 bits per heavy atom. The summed E-state index contributed by atoms with van der Waals surface area (Å²) in [6, 6.07) is 12.2. The zero-order valence-corrected chi connectivity index (χ0v) is 19.4. The average Bonchev–Trinajstić information content (AvgIpc) is 2.73. The van der Waals surface area contributed by atoms with Gasteiger partial charge >= 0.3 is 0 Å². The number of para-hydroxylation sites is 1. The molecule has 0 aromatic heterocycles. The van der Waals surface area contributed by atoms with E-state index in [1.165, 1.54) is 31.2 Å². The second-order valence-electron chi connectivity index (χ2n) is 8.30. The van der Waals surface area contributed by atoms with Crippen molar-refractivity contribution in [3.63, 3.8) is 0 Å². The largest absolute Gasteiger partial charge is 0.487 e. The van der Waals surface area contributed by atoms with Gasteiger partial charge in [0, 0.05) is 23.8 Å². The lowest BCUT2D eigenvalue weighted by molar-refractivity contribution is -0.114. The van der Waals surface area contributed by atoms with Crippen LogP contribution in [0.5, 0.6) is 5.75 Å². The van der Waals surface area contributed by atoms with Gasteiger partial charge < -0.3 is 10.1 Å². The molecular weight excluding hydrogens is 432 g/mol. The molecule has 1 saturated carbocycles. The van der Waals surface area contributed by atoms with Gasteiger partial charge in [-0.1, -0.05) is 24.6 Å².